The summed E-state index contributed by atoms with van der Waals surface area (Å²) in [5.74, 6) is -13.7. The van der Waals surface area contributed by atoms with Crippen molar-refractivity contribution in [3.05, 3.63) is 36.0 Å². The minimum Gasteiger partial charge on any atom is -0.481 e. The Morgan fingerprint density at radius 1 is 0.519 bits per heavy atom. The zero-order chi connectivity index (χ0) is 58.4. The number of H-pyrrole nitrogens is 1. The molecule has 0 radical (unpaired) electrons. The number of hydrogen-bond donors (Lipinski definition) is 14. The Kier molecular flexibility index (Phi) is 26.7. The molecule has 0 bridgehead atoms. The van der Waals surface area contributed by atoms with Crippen molar-refractivity contribution < 1.29 is 67.7 Å². The number of aliphatic carboxylic acids is 2. The van der Waals surface area contributed by atoms with Crippen molar-refractivity contribution >= 4 is 81.9 Å². The van der Waals surface area contributed by atoms with E-state index in [9.17, 15) is 67.7 Å². The number of benzene rings is 1. The highest BCUT2D eigenvalue weighted by atomic mass is 16.4. The lowest BCUT2D eigenvalue weighted by molar-refractivity contribution is -0.144. The molecule has 26 nitrogen and oxygen atoms in total. The predicted octanol–water partition coefficient (Wildman–Crippen LogP) is -1.18. The number of fused-ring (bicyclic) bond motifs is 1. The van der Waals surface area contributed by atoms with Crippen molar-refractivity contribution in [3.8, 4) is 0 Å². The largest absolute Gasteiger partial charge is 0.481 e. The van der Waals surface area contributed by atoms with Crippen LogP contribution >= 0.6 is 0 Å². The lowest BCUT2D eigenvalue weighted by Crippen LogP contribution is -2.61. The smallest absolute Gasteiger partial charge is 0.326 e. The molecule has 0 aliphatic carbocycles. The van der Waals surface area contributed by atoms with Crippen molar-refractivity contribution in [2.75, 3.05) is 0 Å². The summed E-state index contributed by atoms with van der Waals surface area (Å²) < 4.78 is 0. The molecule has 428 valence electrons. The van der Waals surface area contributed by atoms with Gasteiger partial charge in [-0.05, 0) is 67.9 Å². The van der Waals surface area contributed by atoms with Crippen molar-refractivity contribution in [2.24, 2.45) is 40.9 Å². The molecule has 0 saturated heterocycles. The molecule has 0 aliphatic heterocycles. The highest BCUT2D eigenvalue weighted by Gasteiger charge is 2.37. The third-order valence-corrected chi connectivity index (χ3v) is 12.7. The van der Waals surface area contributed by atoms with Crippen molar-refractivity contribution in [2.45, 2.75) is 174 Å². The van der Waals surface area contributed by atoms with Crippen LogP contribution in [-0.2, 0) is 64.0 Å². The molecule has 0 spiro atoms. The fraction of sp³-hybridized carbons (Fsp3) is 0.608. The Morgan fingerprint density at radius 3 is 1.40 bits per heavy atom. The van der Waals surface area contributed by atoms with Gasteiger partial charge in [0.25, 0.3) is 0 Å². The summed E-state index contributed by atoms with van der Waals surface area (Å²) in [7, 11) is 0. The number of carbonyl (C=O) groups is 12. The van der Waals surface area contributed by atoms with Crippen LogP contribution in [0.4, 0.5) is 0 Å². The molecule has 17 N–H and O–H groups in total. The molecular weight excluding hydrogens is 1000 g/mol. The van der Waals surface area contributed by atoms with Crippen LogP contribution in [0.5, 0.6) is 0 Å². The molecule has 2 rings (SSSR count). The molecule has 10 atom stereocenters. The molecule has 1 aromatic carbocycles. The van der Waals surface area contributed by atoms with Gasteiger partial charge in [0, 0.05) is 42.8 Å². The molecular formula is C51H80N12O14. The van der Waals surface area contributed by atoms with Crippen LogP contribution in [0, 0.1) is 23.7 Å². The average molecular weight is 1090 g/mol. The van der Waals surface area contributed by atoms with Crippen molar-refractivity contribution in [3.63, 3.8) is 0 Å². The summed E-state index contributed by atoms with van der Waals surface area (Å²) >= 11 is 0. The summed E-state index contributed by atoms with van der Waals surface area (Å²) in [6.45, 7) is 14.6. The summed E-state index contributed by atoms with van der Waals surface area (Å²) in [6, 6.07) is -5.47. The summed E-state index contributed by atoms with van der Waals surface area (Å²) in [4.78, 5) is 162. The van der Waals surface area contributed by atoms with Gasteiger partial charge in [-0.1, -0.05) is 80.0 Å². The molecule has 0 fully saturated rings. The lowest BCUT2D eigenvalue weighted by Gasteiger charge is -2.30. The Hall–Kier alpha value is -7.64. The molecule has 77 heavy (non-hydrogen) atoms. The Bertz CT molecular complexity index is 2420. The second-order valence-corrected chi connectivity index (χ2v) is 20.4. The fourth-order valence-electron chi connectivity index (χ4n) is 7.96. The number of carbonyl (C=O) groups excluding carboxylic acids is 10. The van der Waals surface area contributed by atoms with E-state index in [0.29, 0.717) is 16.5 Å². The second-order valence-electron chi connectivity index (χ2n) is 20.4. The van der Waals surface area contributed by atoms with E-state index in [2.05, 4.69) is 47.5 Å². The maximum Gasteiger partial charge on any atom is 0.326 e. The number of nitrogens with two attached hydrogens (primary N) is 3. The van der Waals surface area contributed by atoms with E-state index in [1.807, 2.05) is 13.8 Å². The molecule has 2 aromatic rings. The van der Waals surface area contributed by atoms with Crippen LogP contribution in [0.1, 0.15) is 119 Å². The molecule has 1 heterocycles. The van der Waals surface area contributed by atoms with Gasteiger partial charge in [0.2, 0.25) is 59.1 Å². The molecule has 0 unspecified atom stereocenters. The van der Waals surface area contributed by atoms with E-state index in [0.717, 1.165) is 0 Å². The first kappa shape index (κ1) is 65.5. The van der Waals surface area contributed by atoms with E-state index in [-0.39, 0.29) is 25.2 Å². The maximum atomic E-state index is 14.4. The van der Waals surface area contributed by atoms with E-state index in [1.165, 1.54) is 6.92 Å². The van der Waals surface area contributed by atoms with E-state index in [4.69, 9.17) is 17.2 Å². The van der Waals surface area contributed by atoms with Crippen LogP contribution in [0.25, 0.3) is 10.9 Å². The molecule has 1 aromatic heterocycles. The second kappa shape index (κ2) is 31.4. The molecule has 10 amide bonds. The highest BCUT2D eigenvalue weighted by Crippen LogP contribution is 2.20. The van der Waals surface area contributed by atoms with Crippen molar-refractivity contribution in [1.29, 1.82) is 0 Å². The van der Waals surface area contributed by atoms with Gasteiger partial charge in [0.15, 0.2) is 0 Å². The average Bonchev–Trinajstić information content (AvgIpc) is 3.75. The number of nitrogens with one attached hydrogen (secondary N) is 9. The minimum absolute atomic E-state index is 0.111. The number of rotatable bonds is 34. The van der Waals surface area contributed by atoms with Gasteiger partial charge in [-0.3, -0.25) is 52.7 Å². The number of aromatic amines is 1. The lowest BCUT2D eigenvalue weighted by atomic mass is 9.96. The first-order valence-corrected chi connectivity index (χ1v) is 25.7. The van der Waals surface area contributed by atoms with Gasteiger partial charge >= 0.3 is 11.9 Å². The topological polar surface area (TPSA) is 435 Å². The number of carboxylic acids is 2. The van der Waals surface area contributed by atoms with Crippen molar-refractivity contribution in [1.82, 2.24) is 47.5 Å². The first-order chi connectivity index (χ1) is 36.0. The number of para-hydroxylation sites is 1. The fourth-order valence-corrected chi connectivity index (χ4v) is 7.96. The van der Waals surface area contributed by atoms with Gasteiger partial charge in [-0.15, -0.1) is 0 Å². The van der Waals surface area contributed by atoms with Gasteiger partial charge in [0.1, 0.15) is 48.3 Å². The zero-order valence-corrected chi connectivity index (χ0v) is 45.3. The Morgan fingerprint density at radius 2 is 0.935 bits per heavy atom. The number of primary amides is 2. The first-order valence-electron chi connectivity index (χ1n) is 25.7. The summed E-state index contributed by atoms with van der Waals surface area (Å²) in [5.41, 5.74) is 17.9. The molecule has 0 saturated carbocycles. The van der Waals surface area contributed by atoms with E-state index < -0.39 is 182 Å². The van der Waals surface area contributed by atoms with Crippen LogP contribution in [0.2, 0.25) is 0 Å². The van der Waals surface area contributed by atoms with Gasteiger partial charge in [0.05, 0.1) is 6.04 Å². The van der Waals surface area contributed by atoms with Crippen LogP contribution in [0.3, 0.4) is 0 Å². The van der Waals surface area contributed by atoms with E-state index in [1.54, 1.807) is 72.0 Å². The van der Waals surface area contributed by atoms with Gasteiger partial charge in [-0.25, -0.2) is 4.79 Å². The third-order valence-electron chi connectivity index (χ3n) is 12.7. The normalized spacial score (nSPS) is 15.2. The Labute approximate surface area is 447 Å². The standard InChI is InChI=1S/C51H80N12O14/c1-10-27(8)42(50(75)58-32(15-18-37(53)64)44(69)56-33(16-19-38(54)65)45(70)61-40(25(4)5)49(74)62-41(26(6)7)51(76)77)63-46(71)34(17-20-39(66)67)57-48(73)36(22-29-23-55-31-14-12-11-13-30(29)31)60-47(72)35(21-24(2)3)59-43(68)28(9)52/h11-14,23-28,32-36,40-42,55H,10,15-22,52H2,1-9H3,(H2,53,64)(H2,54,65)(H,56,69)(H,57,73)(H,58,75)(H,59,68)(H,60,72)(H,61,70)(H,62,74)(H,63,71)(H,66,67)(H,76,77)/t27-,28-,32-,33-,34-,35-,36-,40-,41-,42-/m0/s1. The van der Waals surface area contributed by atoms with Gasteiger partial charge in [-0.2, -0.15) is 0 Å². The summed E-state index contributed by atoms with van der Waals surface area (Å²) in [6.07, 6.45) is -1.10. The summed E-state index contributed by atoms with van der Waals surface area (Å²) in [5, 5.41) is 40.3. The predicted molar refractivity (Wildman–Crippen MR) is 281 cm³/mol. The highest BCUT2D eigenvalue weighted by molar-refractivity contribution is 5.99. The number of aromatic nitrogens is 1. The van der Waals surface area contributed by atoms with Crippen LogP contribution < -0.4 is 59.7 Å². The number of hydrogen-bond acceptors (Lipinski definition) is 13. The third kappa shape index (κ3) is 21.9. The zero-order valence-electron chi connectivity index (χ0n) is 45.3. The Balaban J connectivity index is 2.54. The molecule has 26 heteroatoms. The van der Waals surface area contributed by atoms with E-state index >= 15 is 0 Å². The quantitative estimate of drug-likeness (QED) is 0.0392. The number of carboxylic acid groups (broad SMARTS) is 2. The number of amides is 10. The van der Waals surface area contributed by atoms with Crippen LogP contribution in [0.15, 0.2) is 30.5 Å². The molecule has 0 aliphatic rings. The minimum atomic E-state index is -1.65. The maximum absolute atomic E-state index is 14.4. The monoisotopic (exact) mass is 1080 g/mol. The SMILES string of the molecule is CC[C@H](C)[C@H](NC(=O)[C@H](CCC(=O)O)NC(=O)[C@H](Cc1c[nH]c2ccccc12)NC(=O)[C@H](CC(C)C)NC(=O)[C@H](C)N)C(=O)N[C@@H](CCC(N)=O)C(=O)N[C@@H](CCC(N)=O)C(=O)N[C@H](C(=O)N[C@H](C(=O)O)C(C)C)C(C)C. The van der Waals surface area contributed by atoms with Crippen LogP contribution in [-0.4, -0.2) is 141 Å². The van der Waals surface area contributed by atoms with Gasteiger partial charge < -0.3 is 74.9 Å².